The highest BCUT2D eigenvalue weighted by molar-refractivity contribution is 7.26. The highest BCUT2D eigenvalue weighted by atomic mass is 32.1. The summed E-state index contributed by atoms with van der Waals surface area (Å²) in [5.74, 6) is 0. The minimum Gasteiger partial charge on any atom is -0.310 e. The van der Waals surface area contributed by atoms with Crippen LogP contribution in [0.15, 0.2) is 218 Å². The molecule has 3 heteroatoms. The Morgan fingerprint density at radius 2 is 0.906 bits per heavy atom. The zero-order valence-electron chi connectivity index (χ0n) is 35.6. The van der Waals surface area contributed by atoms with Gasteiger partial charge >= 0.3 is 0 Å². The van der Waals surface area contributed by atoms with Gasteiger partial charge in [0.2, 0.25) is 0 Å². The maximum absolute atomic E-state index is 2.53. The second kappa shape index (κ2) is 14.2. The lowest BCUT2D eigenvalue weighted by atomic mass is 9.82. The fraction of sp³-hybridized carbons (Fsp3) is 0.0492. The Hall–Kier alpha value is -7.72. The summed E-state index contributed by atoms with van der Waals surface area (Å²) in [6.45, 7) is 4.73. The number of rotatable bonds is 6. The summed E-state index contributed by atoms with van der Waals surface area (Å²) in [6, 6.07) is 80.9. The lowest BCUT2D eigenvalue weighted by Gasteiger charge is -2.29. The lowest BCUT2D eigenvalue weighted by molar-refractivity contribution is 0.660. The van der Waals surface area contributed by atoms with Crippen LogP contribution < -0.4 is 9.80 Å². The Bertz CT molecular complexity index is 3750. The standard InChI is InChI=1S/C61H42N2S/c1-61(2)54-29-16-15-28-50(54)52-38-43(33-35-55(52)61)62(42-32-34-49-47-26-12-11-24-45(47)46-25-13-14-27-48(46)51(49)37-42)56-30-17-31-57-58(56)53-36-39-18-9-10-23-44(39)59(60(53)64-57)63(40-19-5-3-6-20-40)41-21-7-4-8-22-41/h3-38H,1-2H3. The summed E-state index contributed by atoms with van der Waals surface area (Å²) in [4.78, 5) is 4.99. The van der Waals surface area contributed by atoms with Crippen LogP contribution in [-0.2, 0) is 5.41 Å². The first-order valence-electron chi connectivity index (χ1n) is 22.2. The molecule has 0 amide bonds. The molecule has 0 spiro atoms. The van der Waals surface area contributed by atoms with Gasteiger partial charge in [0.1, 0.15) is 0 Å². The molecule has 1 aliphatic rings. The van der Waals surface area contributed by atoms with Gasteiger partial charge in [-0.2, -0.15) is 0 Å². The van der Waals surface area contributed by atoms with E-state index in [0.717, 1.165) is 28.4 Å². The third kappa shape index (κ3) is 5.44. The summed E-state index contributed by atoms with van der Waals surface area (Å²) in [5.41, 5.74) is 12.1. The molecule has 0 radical (unpaired) electrons. The molecule has 0 fully saturated rings. The molecule has 2 nitrogen and oxygen atoms in total. The van der Waals surface area contributed by atoms with Crippen LogP contribution in [0.5, 0.6) is 0 Å². The number of hydrogen-bond donors (Lipinski definition) is 0. The van der Waals surface area contributed by atoms with Crippen molar-refractivity contribution in [2.24, 2.45) is 0 Å². The summed E-state index contributed by atoms with van der Waals surface area (Å²) >= 11 is 1.89. The first-order valence-corrected chi connectivity index (χ1v) is 23.0. The third-order valence-electron chi connectivity index (χ3n) is 13.8. The van der Waals surface area contributed by atoms with E-state index in [0.29, 0.717) is 0 Å². The molecule has 0 aliphatic heterocycles. The Morgan fingerprint density at radius 3 is 1.61 bits per heavy atom. The topological polar surface area (TPSA) is 6.48 Å². The van der Waals surface area contributed by atoms with Crippen molar-refractivity contribution in [1.82, 2.24) is 0 Å². The van der Waals surface area contributed by atoms with Crippen molar-refractivity contribution in [3.05, 3.63) is 230 Å². The maximum Gasteiger partial charge on any atom is 0.0718 e. The Balaban J connectivity index is 1.13. The number of anilines is 6. The molecule has 0 N–H and O–H groups in total. The van der Waals surface area contributed by atoms with Gasteiger partial charge in [0, 0.05) is 49.0 Å². The summed E-state index contributed by atoms with van der Waals surface area (Å²) in [5, 5.41) is 12.5. The second-order valence-corrected chi connectivity index (χ2v) is 18.7. The predicted octanol–water partition coefficient (Wildman–Crippen LogP) is 17.9. The monoisotopic (exact) mass is 834 g/mol. The number of fused-ring (bicyclic) bond motifs is 13. The normalized spacial score (nSPS) is 13.0. The van der Waals surface area contributed by atoms with Gasteiger partial charge in [0.25, 0.3) is 0 Å². The maximum atomic E-state index is 2.53. The number of para-hydroxylation sites is 2. The molecule has 302 valence electrons. The number of nitrogens with zero attached hydrogens (tertiary/aromatic N) is 2. The van der Waals surface area contributed by atoms with E-state index >= 15 is 0 Å². The summed E-state index contributed by atoms with van der Waals surface area (Å²) in [7, 11) is 0. The molecule has 1 aliphatic carbocycles. The molecule has 0 atom stereocenters. The van der Waals surface area contributed by atoms with Gasteiger partial charge in [-0.1, -0.05) is 166 Å². The molecule has 0 saturated carbocycles. The molecule has 13 rings (SSSR count). The molecule has 12 aromatic rings. The van der Waals surface area contributed by atoms with E-state index in [1.54, 1.807) is 0 Å². The molecule has 0 bridgehead atoms. The van der Waals surface area contributed by atoms with E-state index in [9.17, 15) is 0 Å². The van der Waals surface area contributed by atoms with Crippen molar-refractivity contribution >= 4 is 109 Å². The quantitative estimate of drug-likeness (QED) is 0.154. The Kier molecular flexibility index (Phi) is 8.16. The van der Waals surface area contributed by atoms with Crippen molar-refractivity contribution in [1.29, 1.82) is 0 Å². The van der Waals surface area contributed by atoms with Crippen LogP contribution in [0.4, 0.5) is 34.1 Å². The van der Waals surface area contributed by atoms with Crippen LogP contribution in [0.3, 0.4) is 0 Å². The molecule has 64 heavy (non-hydrogen) atoms. The SMILES string of the molecule is CC1(C)c2ccccc2-c2cc(N(c3ccc4c5ccccc5c5ccccc5c4c3)c3cccc4sc5c(N(c6ccccc6)c6ccccc6)c6ccccc6cc5c34)ccc21. The fourth-order valence-corrected chi connectivity index (χ4v) is 12.1. The van der Waals surface area contributed by atoms with Crippen LogP contribution in [0.1, 0.15) is 25.0 Å². The highest BCUT2D eigenvalue weighted by Crippen LogP contribution is 2.54. The van der Waals surface area contributed by atoms with Crippen molar-refractivity contribution in [2.75, 3.05) is 9.80 Å². The number of thiophene rings is 1. The van der Waals surface area contributed by atoms with Gasteiger partial charge in [-0.25, -0.2) is 0 Å². The van der Waals surface area contributed by atoms with Gasteiger partial charge in [-0.15, -0.1) is 11.3 Å². The number of benzene rings is 11. The van der Waals surface area contributed by atoms with Gasteiger partial charge in [-0.05, 0) is 127 Å². The van der Waals surface area contributed by atoms with Gasteiger partial charge in [-0.3, -0.25) is 0 Å². The van der Waals surface area contributed by atoms with Crippen molar-refractivity contribution < 1.29 is 0 Å². The zero-order valence-corrected chi connectivity index (χ0v) is 36.4. The van der Waals surface area contributed by atoms with Crippen LogP contribution in [0.25, 0.3) is 74.4 Å². The van der Waals surface area contributed by atoms with Crippen LogP contribution in [0, 0.1) is 0 Å². The van der Waals surface area contributed by atoms with Crippen molar-refractivity contribution in [3.63, 3.8) is 0 Å². The third-order valence-corrected chi connectivity index (χ3v) is 14.9. The van der Waals surface area contributed by atoms with E-state index in [2.05, 4.69) is 242 Å². The van der Waals surface area contributed by atoms with E-state index in [1.165, 1.54) is 91.2 Å². The second-order valence-electron chi connectivity index (χ2n) is 17.6. The molecule has 11 aromatic carbocycles. The average Bonchev–Trinajstić information content (AvgIpc) is 3.84. The first kappa shape index (κ1) is 36.9. The minimum absolute atomic E-state index is 0.0946. The van der Waals surface area contributed by atoms with Crippen LogP contribution in [-0.4, -0.2) is 0 Å². The van der Waals surface area contributed by atoms with Gasteiger partial charge in [0.05, 0.1) is 16.1 Å². The van der Waals surface area contributed by atoms with Crippen molar-refractivity contribution in [3.8, 4) is 11.1 Å². The smallest absolute Gasteiger partial charge is 0.0718 e. The number of hydrogen-bond acceptors (Lipinski definition) is 3. The van der Waals surface area contributed by atoms with Crippen LogP contribution >= 0.6 is 11.3 Å². The molecule has 0 unspecified atom stereocenters. The van der Waals surface area contributed by atoms with Gasteiger partial charge < -0.3 is 9.80 Å². The zero-order chi connectivity index (χ0) is 42.5. The largest absolute Gasteiger partial charge is 0.310 e. The predicted molar refractivity (Wildman–Crippen MR) is 276 cm³/mol. The van der Waals surface area contributed by atoms with E-state index in [-0.39, 0.29) is 5.41 Å². The van der Waals surface area contributed by atoms with Crippen LogP contribution in [0.2, 0.25) is 0 Å². The highest BCUT2D eigenvalue weighted by Gasteiger charge is 2.36. The van der Waals surface area contributed by atoms with E-state index < -0.39 is 0 Å². The molecule has 1 aromatic heterocycles. The van der Waals surface area contributed by atoms with Gasteiger partial charge in [0.15, 0.2) is 0 Å². The van der Waals surface area contributed by atoms with E-state index in [4.69, 9.17) is 0 Å². The average molecular weight is 835 g/mol. The van der Waals surface area contributed by atoms with Crippen molar-refractivity contribution in [2.45, 2.75) is 19.3 Å². The lowest BCUT2D eigenvalue weighted by Crippen LogP contribution is -2.15. The molecule has 0 saturated heterocycles. The minimum atomic E-state index is -0.0946. The van der Waals surface area contributed by atoms with E-state index in [1.807, 2.05) is 11.3 Å². The molecular weight excluding hydrogens is 793 g/mol. The summed E-state index contributed by atoms with van der Waals surface area (Å²) < 4.78 is 2.51. The summed E-state index contributed by atoms with van der Waals surface area (Å²) in [6.07, 6.45) is 0. The fourth-order valence-electron chi connectivity index (χ4n) is 10.9. The Labute approximate surface area is 376 Å². The Morgan fingerprint density at radius 1 is 0.359 bits per heavy atom. The first-order chi connectivity index (χ1) is 31.5. The molecular formula is C61H42N2S. The molecule has 1 heterocycles.